The highest BCUT2D eigenvalue weighted by Gasteiger charge is 2.36. The summed E-state index contributed by atoms with van der Waals surface area (Å²) in [7, 11) is 0. The van der Waals surface area contributed by atoms with Crippen LogP contribution in [-0.4, -0.2) is 39.8 Å². The van der Waals surface area contributed by atoms with Gasteiger partial charge in [-0.3, -0.25) is 9.59 Å². The second kappa shape index (κ2) is 5.49. The Morgan fingerprint density at radius 2 is 2.30 bits per heavy atom. The number of thiazole rings is 1. The molecule has 2 heterocycles. The third-order valence-corrected chi connectivity index (χ3v) is 4.10. The number of hydrogen-bond donors (Lipinski definition) is 2. The Kier molecular flexibility index (Phi) is 4.10. The van der Waals surface area contributed by atoms with Crippen molar-refractivity contribution in [3.8, 4) is 0 Å². The summed E-state index contributed by atoms with van der Waals surface area (Å²) in [6.07, 6.45) is 0.344. The predicted octanol–water partition coefficient (Wildman–Crippen LogP) is 0.731. The maximum absolute atomic E-state index is 12.1. The summed E-state index contributed by atoms with van der Waals surface area (Å²) in [5, 5.41) is 5.29. The Labute approximate surface area is 122 Å². The molecule has 1 fully saturated rings. The van der Waals surface area contributed by atoms with Gasteiger partial charge in [-0.05, 0) is 20.8 Å². The van der Waals surface area contributed by atoms with Crippen molar-refractivity contribution >= 4 is 23.2 Å². The number of rotatable bonds is 3. The third-order valence-electron chi connectivity index (χ3n) is 3.23. The van der Waals surface area contributed by atoms with E-state index in [9.17, 15) is 9.59 Å². The first-order chi connectivity index (χ1) is 9.31. The number of nitrogens with zero attached hydrogens (tertiary/aromatic N) is 2. The Bertz CT molecular complexity index is 521. The van der Waals surface area contributed by atoms with E-state index in [1.165, 1.54) is 11.3 Å². The van der Waals surface area contributed by atoms with Gasteiger partial charge in [-0.25, -0.2) is 4.98 Å². The van der Waals surface area contributed by atoms with Crippen molar-refractivity contribution in [2.45, 2.75) is 45.3 Å². The van der Waals surface area contributed by atoms with Crippen LogP contribution in [0.3, 0.4) is 0 Å². The van der Waals surface area contributed by atoms with Crippen LogP contribution >= 0.6 is 11.3 Å². The second-order valence-electron chi connectivity index (χ2n) is 5.88. The van der Waals surface area contributed by atoms with Crippen LogP contribution in [0.5, 0.6) is 0 Å². The monoisotopic (exact) mass is 296 g/mol. The quantitative estimate of drug-likeness (QED) is 0.860. The van der Waals surface area contributed by atoms with Crippen LogP contribution in [0.25, 0.3) is 0 Å². The van der Waals surface area contributed by atoms with Gasteiger partial charge in [0.1, 0.15) is 10.7 Å². The molecule has 20 heavy (non-hydrogen) atoms. The van der Waals surface area contributed by atoms with Crippen molar-refractivity contribution in [3.63, 3.8) is 0 Å². The second-order valence-corrected chi connectivity index (χ2v) is 6.82. The molecule has 2 amide bonds. The highest BCUT2D eigenvalue weighted by Crippen LogP contribution is 2.22. The molecule has 3 N–H and O–H groups in total. The summed E-state index contributed by atoms with van der Waals surface area (Å²) >= 11 is 1.37. The molecule has 0 spiro atoms. The van der Waals surface area contributed by atoms with Gasteiger partial charge in [0.15, 0.2) is 0 Å². The lowest BCUT2D eigenvalue weighted by atomic mass is 10.1. The van der Waals surface area contributed by atoms with E-state index < -0.39 is 0 Å². The van der Waals surface area contributed by atoms with Gasteiger partial charge in [-0.2, -0.15) is 0 Å². The van der Waals surface area contributed by atoms with E-state index in [1.54, 1.807) is 10.3 Å². The SMILES string of the molecule is CC(C)(C)N1CC(NC(=O)c2csc(CN)n2)CC1=O. The fraction of sp³-hybridized carbons (Fsp3) is 0.615. The topological polar surface area (TPSA) is 88.3 Å². The molecule has 0 saturated carbocycles. The van der Waals surface area contributed by atoms with Crippen molar-refractivity contribution in [2.24, 2.45) is 5.73 Å². The van der Waals surface area contributed by atoms with Crippen LogP contribution in [0.1, 0.15) is 42.7 Å². The van der Waals surface area contributed by atoms with E-state index in [0.29, 0.717) is 25.2 Å². The van der Waals surface area contributed by atoms with Crippen molar-refractivity contribution in [3.05, 3.63) is 16.1 Å². The molecule has 110 valence electrons. The Morgan fingerprint density at radius 3 is 2.80 bits per heavy atom. The van der Waals surface area contributed by atoms with Gasteiger partial charge in [0.2, 0.25) is 5.91 Å². The number of carbonyl (C=O) groups excluding carboxylic acids is 2. The Hall–Kier alpha value is -1.47. The lowest BCUT2D eigenvalue weighted by Gasteiger charge is -2.32. The summed E-state index contributed by atoms with van der Waals surface area (Å²) in [6.45, 7) is 6.84. The van der Waals surface area contributed by atoms with Crippen LogP contribution in [0.15, 0.2) is 5.38 Å². The number of carbonyl (C=O) groups is 2. The van der Waals surface area contributed by atoms with E-state index in [-0.39, 0.29) is 23.4 Å². The largest absolute Gasteiger partial charge is 0.346 e. The van der Waals surface area contributed by atoms with Crippen LogP contribution in [-0.2, 0) is 11.3 Å². The minimum Gasteiger partial charge on any atom is -0.346 e. The molecule has 1 aromatic rings. The normalized spacial score (nSPS) is 19.5. The molecule has 6 nitrogen and oxygen atoms in total. The predicted molar refractivity (Wildman–Crippen MR) is 77.3 cm³/mol. The fourth-order valence-corrected chi connectivity index (χ4v) is 2.88. The molecule has 1 aliphatic rings. The van der Waals surface area contributed by atoms with Crippen molar-refractivity contribution in [2.75, 3.05) is 6.54 Å². The molecule has 1 aliphatic heterocycles. The summed E-state index contributed by atoms with van der Waals surface area (Å²) in [4.78, 5) is 29.9. The van der Waals surface area contributed by atoms with Gasteiger partial charge < -0.3 is 16.0 Å². The molecule has 2 rings (SSSR count). The zero-order valence-corrected chi connectivity index (χ0v) is 12.8. The first kappa shape index (κ1) is 14.9. The average Bonchev–Trinajstić information content (AvgIpc) is 2.94. The van der Waals surface area contributed by atoms with E-state index in [2.05, 4.69) is 10.3 Å². The lowest BCUT2D eigenvalue weighted by Crippen LogP contribution is -2.44. The van der Waals surface area contributed by atoms with Crippen LogP contribution in [0.2, 0.25) is 0 Å². The molecule has 1 saturated heterocycles. The molecular weight excluding hydrogens is 276 g/mol. The van der Waals surface area contributed by atoms with Crippen LogP contribution in [0.4, 0.5) is 0 Å². The Morgan fingerprint density at radius 1 is 1.60 bits per heavy atom. The summed E-state index contributed by atoms with van der Waals surface area (Å²) < 4.78 is 0. The lowest BCUT2D eigenvalue weighted by molar-refractivity contribution is -0.131. The molecule has 0 aliphatic carbocycles. The average molecular weight is 296 g/mol. The molecule has 0 radical (unpaired) electrons. The van der Waals surface area contributed by atoms with Crippen LogP contribution < -0.4 is 11.1 Å². The summed E-state index contributed by atoms with van der Waals surface area (Å²) in [6, 6.07) is -0.155. The molecule has 1 unspecified atom stereocenters. The first-order valence-electron chi connectivity index (χ1n) is 6.57. The number of nitrogens with one attached hydrogen (secondary N) is 1. The van der Waals surface area contributed by atoms with Gasteiger partial charge >= 0.3 is 0 Å². The van der Waals surface area contributed by atoms with Gasteiger partial charge in [0.25, 0.3) is 5.91 Å². The zero-order chi connectivity index (χ0) is 14.9. The number of likely N-dealkylation sites (tertiary alicyclic amines) is 1. The number of aromatic nitrogens is 1. The van der Waals surface area contributed by atoms with Gasteiger partial charge in [-0.15, -0.1) is 11.3 Å². The molecule has 7 heteroatoms. The van der Waals surface area contributed by atoms with E-state index in [1.807, 2.05) is 20.8 Å². The minimum absolute atomic E-state index is 0.0729. The highest BCUT2D eigenvalue weighted by atomic mass is 32.1. The standard InChI is InChI=1S/C13H20N4O2S/c1-13(2,3)17-6-8(4-11(17)18)15-12(19)9-7-20-10(5-14)16-9/h7-8H,4-6,14H2,1-3H3,(H,15,19). The van der Waals surface area contributed by atoms with Gasteiger partial charge in [0.05, 0.1) is 6.04 Å². The molecule has 1 aromatic heterocycles. The summed E-state index contributed by atoms with van der Waals surface area (Å²) in [5.74, 6) is -0.168. The van der Waals surface area contributed by atoms with E-state index in [0.717, 1.165) is 5.01 Å². The molecule has 0 aromatic carbocycles. The Balaban J connectivity index is 1.98. The van der Waals surface area contributed by atoms with Crippen molar-refractivity contribution in [1.82, 2.24) is 15.2 Å². The van der Waals surface area contributed by atoms with Gasteiger partial charge in [-0.1, -0.05) is 0 Å². The maximum atomic E-state index is 12.1. The summed E-state index contributed by atoms with van der Waals surface area (Å²) in [5.41, 5.74) is 5.63. The zero-order valence-electron chi connectivity index (χ0n) is 12.0. The highest BCUT2D eigenvalue weighted by molar-refractivity contribution is 7.09. The van der Waals surface area contributed by atoms with Gasteiger partial charge in [0, 0.05) is 30.4 Å². The molecular formula is C13H20N4O2S. The minimum atomic E-state index is -0.241. The number of hydrogen-bond acceptors (Lipinski definition) is 5. The molecule has 1 atom stereocenters. The van der Waals surface area contributed by atoms with Crippen molar-refractivity contribution in [1.29, 1.82) is 0 Å². The third kappa shape index (κ3) is 3.16. The maximum Gasteiger partial charge on any atom is 0.271 e. The first-order valence-corrected chi connectivity index (χ1v) is 7.45. The van der Waals surface area contributed by atoms with Crippen molar-refractivity contribution < 1.29 is 9.59 Å². The fourth-order valence-electron chi connectivity index (χ4n) is 2.22. The van der Waals surface area contributed by atoms with E-state index in [4.69, 9.17) is 5.73 Å². The smallest absolute Gasteiger partial charge is 0.271 e. The number of amides is 2. The van der Waals surface area contributed by atoms with E-state index >= 15 is 0 Å². The molecule has 0 bridgehead atoms. The number of nitrogens with two attached hydrogens (primary N) is 1. The van der Waals surface area contributed by atoms with Crippen LogP contribution in [0, 0.1) is 0 Å².